The van der Waals surface area contributed by atoms with Crippen LogP contribution in [0.2, 0.25) is 0 Å². The Bertz CT molecular complexity index is 314. The molecule has 0 N–H and O–H groups in total. The van der Waals surface area contributed by atoms with E-state index in [1.165, 1.54) is 0 Å². The molecule has 0 spiro atoms. The van der Waals surface area contributed by atoms with E-state index in [0.717, 1.165) is 19.4 Å². The molecule has 1 atom stereocenters. The topological polar surface area (TPSA) is 58.0 Å². The molecule has 6 heteroatoms. The first-order valence-electron chi connectivity index (χ1n) is 4.28. The molecule has 14 heavy (non-hydrogen) atoms. The van der Waals surface area contributed by atoms with Gasteiger partial charge in [0.15, 0.2) is 0 Å². The standard InChI is InChI=1S/C8H14N2O2S.Na/c1-3-4-5-10-6-8(13(11)12)7(2)9-10;/h6H,3-5H2,1-2H3,(H,11,12);/q;+1/p-1. The minimum atomic E-state index is -2.16. The van der Waals surface area contributed by atoms with Crippen molar-refractivity contribution in [1.29, 1.82) is 0 Å². The summed E-state index contributed by atoms with van der Waals surface area (Å²) in [6.07, 6.45) is 3.68. The number of aryl methyl sites for hydroxylation is 2. The van der Waals surface area contributed by atoms with Gasteiger partial charge in [-0.3, -0.25) is 8.89 Å². The average molecular weight is 224 g/mol. The van der Waals surface area contributed by atoms with Gasteiger partial charge in [-0.25, -0.2) is 0 Å². The largest absolute Gasteiger partial charge is 1.00 e. The van der Waals surface area contributed by atoms with Gasteiger partial charge in [0.25, 0.3) is 0 Å². The molecular weight excluding hydrogens is 211 g/mol. The SMILES string of the molecule is CCCCn1cc(S(=O)[O-])c(C)n1.[Na+]. The van der Waals surface area contributed by atoms with Crippen molar-refractivity contribution in [2.24, 2.45) is 0 Å². The molecule has 0 saturated carbocycles. The second kappa shape index (κ2) is 6.74. The van der Waals surface area contributed by atoms with Crippen molar-refractivity contribution in [2.45, 2.75) is 38.1 Å². The van der Waals surface area contributed by atoms with Gasteiger partial charge < -0.3 is 4.55 Å². The molecule has 74 valence electrons. The van der Waals surface area contributed by atoms with Gasteiger partial charge in [0.1, 0.15) is 0 Å². The van der Waals surface area contributed by atoms with Gasteiger partial charge in [-0.2, -0.15) is 5.10 Å². The van der Waals surface area contributed by atoms with Crippen molar-refractivity contribution in [3.05, 3.63) is 11.9 Å². The van der Waals surface area contributed by atoms with Crippen LogP contribution in [-0.2, 0) is 17.6 Å². The van der Waals surface area contributed by atoms with E-state index in [-0.39, 0.29) is 29.6 Å². The van der Waals surface area contributed by atoms with Crippen molar-refractivity contribution >= 4 is 11.1 Å². The molecule has 1 unspecified atom stereocenters. The van der Waals surface area contributed by atoms with Crippen LogP contribution in [0.4, 0.5) is 0 Å². The summed E-state index contributed by atoms with van der Waals surface area (Å²) in [7, 11) is 0. The Morgan fingerprint density at radius 3 is 2.71 bits per heavy atom. The molecule has 0 aliphatic carbocycles. The normalized spacial score (nSPS) is 12.2. The van der Waals surface area contributed by atoms with Crippen molar-refractivity contribution in [2.75, 3.05) is 0 Å². The monoisotopic (exact) mass is 224 g/mol. The van der Waals surface area contributed by atoms with Crippen LogP contribution in [-0.4, -0.2) is 18.5 Å². The van der Waals surface area contributed by atoms with Crippen molar-refractivity contribution in [3.8, 4) is 0 Å². The first-order chi connectivity index (χ1) is 6.15. The fourth-order valence-electron chi connectivity index (χ4n) is 1.10. The summed E-state index contributed by atoms with van der Waals surface area (Å²) in [5.41, 5.74) is 0.574. The number of unbranched alkanes of at least 4 members (excludes halogenated alkanes) is 1. The Hall–Kier alpha value is 0.320. The molecule has 0 radical (unpaired) electrons. The van der Waals surface area contributed by atoms with Gasteiger partial charge in [0, 0.05) is 12.7 Å². The molecule has 4 nitrogen and oxygen atoms in total. The first kappa shape index (κ1) is 14.3. The Kier molecular flexibility index (Phi) is 6.89. The smallest absolute Gasteiger partial charge is 0.768 e. The zero-order valence-corrected chi connectivity index (χ0v) is 11.6. The number of aromatic nitrogens is 2. The van der Waals surface area contributed by atoms with Crippen molar-refractivity contribution in [3.63, 3.8) is 0 Å². The molecule has 0 aromatic carbocycles. The van der Waals surface area contributed by atoms with E-state index in [9.17, 15) is 8.76 Å². The first-order valence-corrected chi connectivity index (χ1v) is 5.36. The van der Waals surface area contributed by atoms with Crippen LogP contribution in [0.15, 0.2) is 11.1 Å². The van der Waals surface area contributed by atoms with Gasteiger partial charge in [0.2, 0.25) is 0 Å². The van der Waals surface area contributed by atoms with Gasteiger partial charge >= 0.3 is 29.6 Å². The van der Waals surface area contributed by atoms with Gasteiger partial charge in [0.05, 0.1) is 10.6 Å². The predicted octanol–water partition coefficient (Wildman–Crippen LogP) is -1.77. The maximum atomic E-state index is 10.7. The fraction of sp³-hybridized carbons (Fsp3) is 0.625. The molecule has 1 aromatic heterocycles. The Labute approximate surface area is 109 Å². The second-order valence-corrected chi connectivity index (χ2v) is 3.84. The minimum absolute atomic E-state index is 0. The van der Waals surface area contributed by atoms with Crippen LogP contribution in [0.3, 0.4) is 0 Å². The molecule has 0 aliphatic heterocycles. The van der Waals surface area contributed by atoms with Crippen LogP contribution < -0.4 is 29.6 Å². The molecule has 0 saturated heterocycles. The van der Waals surface area contributed by atoms with E-state index in [4.69, 9.17) is 0 Å². The predicted molar refractivity (Wildman–Crippen MR) is 49.1 cm³/mol. The van der Waals surface area contributed by atoms with E-state index >= 15 is 0 Å². The number of nitrogens with zero attached hydrogens (tertiary/aromatic N) is 2. The summed E-state index contributed by atoms with van der Waals surface area (Å²) >= 11 is -2.16. The molecule has 0 amide bonds. The van der Waals surface area contributed by atoms with Crippen LogP contribution in [0, 0.1) is 6.92 Å². The van der Waals surface area contributed by atoms with Crippen molar-refractivity contribution in [1.82, 2.24) is 9.78 Å². The molecule has 1 heterocycles. The molecule has 0 fully saturated rings. The summed E-state index contributed by atoms with van der Waals surface area (Å²) in [5.74, 6) is 0. The maximum absolute atomic E-state index is 10.7. The Morgan fingerprint density at radius 2 is 2.29 bits per heavy atom. The number of rotatable bonds is 4. The van der Waals surface area contributed by atoms with Gasteiger partial charge in [-0.15, -0.1) is 0 Å². The van der Waals surface area contributed by atoms with E-state index in [1.54, 1.807) is 17.8 Å². The molecule has 1 rings (SSSR count). The summed E-state index contributed by atoms with van der Waals surface area (Å²) in [4.78, 5) is 0.302. The van der Waals surface area contributed by atoms with Crippen LogP contribution in [0.5, 0.6) is 0 Å². The zero-order chi connectivity index (χ0) is 9.84. The maximum Gasteiger partial charge on any atom is 1.00 e. The van der Waals surface area contributed by atoms with E-state index in [1.807, 2.05) is 0 Å². The molecule has 0 aliphatic rings. The van der Waals surface area contributed by atoms with Crippen LogP contribution in [0.1, 0.15) is 25.5 Å². The molecule has 1 aromatic rings. The summed E-state index contributed by atoms with van der Waals surface area (Å²) in [5, 5.41) is 4.09. The Balaban J connectivity index is 0.00000169. The third-order valence-corrected chi connectivity index (χ3v) is 2.58. The van der Waals surface area contributed by atoms with E-state index < -0.39 is 11.1 Å². The van der Waals surface area contributed by atoms with E-state index in [2.05, 4.69) is 12.0 Å². The fourth-order valence-corrected chi connectivity index (χ4v) is 1.59. The molecular formula is C8H13N2NaO2S. The molecule has 0 bridgehead atoms. The number of hydrogen-bond acceptors (Lipinski definition) is 3. The summed E-state index contributed by atoms with van der Waals surface area (Å²) in [6.45, 7) is 4.57. The second-order valence-electron chi connectivity index (χ2n) is 2.93. The van der Waals surface area contributed by atoms with Gasteiger partial charge in [-0.1, -0.05) is 13.3 Å². The third-order valence-electron chi connectivity index (χ3n) is 1.82. The Morgan fingerprint density at radius 1 is 1.64 bits per heavy atom. The summed E-state index contributed by atoms with van der Waals surface area (Å²) in [6, 6.07) is 0. The van der Waals surface area contributed by atoms with Crippen molar-refractivity contribution < 1.29 is 38.3 Å². The average Bonchev–Trinajstić information content (AvgIpc) is 2.43. The minimum Gasteiger partial charge on any atom is -0.768 e. The van der Waals surface area contributed by atoms with Crippen LogP contribution >= 0.6 is 0 Å². The van der Waals surface area contributed by atoms with Crippen LogP contribution in [0.25, 0.3) is 0 Å². The number of hydrogen-bond donors (Lipinski definition) is 0. The third kappa shape index (κ3) is 3.82. The van der Waals surface area contributed by atoms with Gasteiger partial charge in [-0.05, 0) is 24.4 Å². The quantitative estimate of drug-likeness (QED) is 0.449. The zero-order valence-electron chi connectivity index (χ0n) is 8.82. The summed E-state index contributed by atoms with van der Waals surface area (Å²) < 4.78 is 23.0. The van der Waals surface area contributed by atoms with E-state index in [0.29, 0.717) is 10.6 Å².